The molecular formula is C15H14FN3O3. The lowest BCUT2D eigenvalue weighted by Gasteiger charge is -2.07. The SMILES string of the molecule is O=C(NCCc1cccc(F)c1)Nc1ccc([N+](=O)[O-])cc1. The number of nitrogens with one attached hydrogen (secondary N) is 2. The van der Waals surface area contributed by atoms with Gasteiger partial charge in [-0.25, -0.2) is 9.18 Å². The average Bonchev–Trinajstić information content (AvgIpc) is 2.48. The summed E-state index contributed by atoms with van der Waals surface area (Å²) < 4.78 is 13.0. The fourth-order valence-corrected chi connectivity index (χ4v) is 1.85. The van der Waals surface area contributed by atoms with Gasteiger partial charge in [0.1, 0.15) is 5.82 Å². The van der Waals surface area contributed by atoms with Gasteiger partial charge in [-0.05, 0) is 36.2 Å². The molecule has 6 nitrogen and oxygen atoms in total. The van der Waals surface area contributed by atoms with Crippen LogP contribution >= 0.6 is 0 Å². The van der Waals surface area contributed by atoms with Gasteiger partial charge in [0.25, 0.3) is 5.69 Å². The van der Waals surface area contributed by atoms with Crippen LogP contribution in [0, 0.1) is 15.9 Å². The van der Waals surface area contributed by atoms with Crippen molar-refractivity contribution in [1.82, 2.24) is 5.32 Å². The Morgan fingerprint density at radius 1 is 1.18 bits per heavy atom. The van der Waals surface area contributed by atoms with Crippen LogP contribution in [0.2, 0.25) is 0 Å². The molecule has 0 bridgehead atoms. The molecule has 0 aliphatic heterocycles. The molecule has 2 rings (SSSR count). The molecule has 2 aromatic rings. The predicted molar refractivity (Wildman–Crippen MR) is 80.2 cm³/mol. The molecule has 0 aromatic heterocycles. The number of halogens is 1. The summed E-state index contributed by atoms with van der Waals surface area (Å²) in [6.07, 6.45) is 0.505. The molecule has 2 N–H and O–H groups in total. The van der Waals surface area contributed by atoms with Crippen molar-refractivity contribution in [3.05, 3.63) is 70.0 Å². The van der Waals surface area contributed by atoms with Crippen LogP contribution in [0.3, 0.4) is 0 Å². The predicted octanol–water partition coefficient (Wildman–Crippen LogP) is 3.10. The van der Waals surface area contributed by atoms with Gasteiger partial charge in [0.15, 0.2) is 0 Å². The van der Waals surface area contributed by atoms with E-state index in [1.165, 1.54) is 36.4 Å². The van der Waals surface area contributed by atoms with Gasteiger partial charge in [-0.2, -0.15) is 0 Å². The van der Waals surface area contributed by atoms with Gasteiger partial charge in [-0.1, -0.05) is 12.1 Å². The van der Waals surface area contributed by atoms with Gasteiger partial charge in [-0.3, -0.25) is 10.1 Å². The second kappa shape index (κ2) is 7.16. The number of carbonyl (C=O) groups is 1. The van der Waals surface area contributed by atoms with Crippen molar-refractivity contribution >= 4 is 17.4 Å². The summed E-state index contributed by atoms with van der Waals surface area (Å²) in [7, 11) is 0. The zero-order valence-corrected chi connectivity index (χ0v) is 11.6. The number of anilines is 1. The smallest absolute Gasteiger partial charge is 0.319 e. The van der Waals surface area contributed by atoms with Crippen LogP contribution in [0.1, 0.15) is 5.56 Å². The fourth-order valence-electron chi connectivity index (χ4n) is 1.85. The van der Waals surface area contributed by atoms with E-state index < -0.39 is 11.0 Å². The molecular weight excluding hydrogens is 289 g/mol. The highest BCUT2D eigenvalue weighted by molar-refractivity contribution is 5.89. The highest BCUT2D eigenvalue weighted by Crippen LogP contribution is 2.15. The molecule has 22 heavy (non-hydrogen) atoms. The summed E-state index contributed by atoms with van der Waals surface area (Å²) in [5, 5.41) is 15.7. The molecule has 0 aliphatic carbocycles. The number of amides is 2. The fraction of sp³-hybridized carbons (Fsp3) is 0.133. The molecule has 2 amide bonds. The molecule has 0 spiro atoms. The third kappa shape index (κ3) is 4.55. The lowest BCUT2D eigenvalue weighted by Crippen LogP contribution is -2.30. The largest absolute Gasteiger partial charge is 0.338 e. The van der Waals surface area contributed by atoms with E-state index in [-0.39, 0.29) is 11.5 Å². The topological polar surface area (TPSA) is 84.3 Å². The zero-order valence-electron chi connectivity index (χ0n) is 11.6. The normalized spacial score (nSPS) is 10.0. The molecule has 0 unspecified atom stereocenters. The maximum Gasteiger partial charge on any atom is 0.319 e. The number of hydrogen-bond donors (Lipinski definition) is 2. The van der Waals surface area contributed by atoms with Crippen LogP contribution in [-0.4, -0.2) is 17.5 Å². The Morgan fingerprint density at radius 3 is 2.55 bits per heavy atom. The highest BCUT2D eigenvalue weighted by atomic mass is 19.1. The summed E-state index contributed by atoms with van der Waals surface area (Å²) in [6.45, 7) is 0.349. The van der Waals surface area contributed by atoms with E-state index in [1.807, 2.05) is 0 Å². The van der Waals surface area contributed by atoms with Gasteiger partial charge >= 0.3 is 6.03 Å². The lowest BCUT2D eigenvalue weighted by atomic mass is 10.1. The summed E-state index contributed by atoms with van der Waals surface area (Å²) in [6, 6.07) is 11.2. The average molecular weight is 303 g/mol. The van der Waals surface area contributed by atoms with E-state index in [2.05, 4.69) is 10.6 Å². The number of nitro benzene ring substituents is 1. The first-order valence-corrected chi connectivity index (χ1v) is 6.58. The Labute approximate surface area is 126 Å². The van der Waals surface area contributed by atoms with Crippen molar-refractivity contribution < 1.29 is 14.1 Å². The first kappa shape index (κ1) is 15.4. The van der Waals surface area contributed by atoms with E-state index in [4.69, 9.17) is 0 Å². The number of urea groups is 1. The van der Waals surface area contributed by atoms with Gasteiger partial charge in [0.05, 0.1) is 4.92 Å². The third-order valence-electron chi connectivity index (χ3n) is 2.92. The molecule has 2 aromatic carbocycles. The van der Waals surface area contributed by atoms with Crippen LogP contribution in [0.5, 0.6) is 0 Å². The minimum atomic E-state index is -0.511. The monoisotopic (exact) mass is 303 g/mol. The number of rotatable bonds is 5. The first-order valence-electron chi connectivity index (χ1n) is 6.58. The maximum absolute atomic E-state index is 13.0. The quantitative estimate of drug-likeness (QED) is 0.657. The maximum atomic E-state index is 13.0. The summed E-state index contributed by atoms with van der Waals surface area (Å²) >= 11 is 0. The summed E-state index contributed by atoms with van der Waals surface area (Å²) in [4.78, 5) is 21.7. The number of nitrogens with zero attached hydrogens (tertiary/aromatic N) is 1. The van der Waals surface area contributed by atoms with E-state index >= 15 is 0 Å². The van der Waals surface area contributed by atoms with E-state index in [9.17, 15) is 19.3 Å². The van der Waals surface area contributed by atoms with E-state index in [0.717, 1.165) is 5.56 Å². The van der Waals surface area contributed by atoms with Crippen LogP contribution in [0.4, 0.5) is 20.6 Å². The van der Waals surface area contributed by atoms with E-state index in [1.54, 1.807) is 12.1 Å². The Bertz CT molecular complexity index is 674. The van der Waals surface area contributed by atoms with Crippen molar-refractivity contribution in [1.29, 1.82) is 0 Å². The Morgan fingerprint density at radius 2 is 1.91 bits per heavy atom. The number of carbonyl (C=O) groups excluding carboxylic acids is 1. The molecule has 0 atom stereocenters. The Hall–Kier alpha value is -2.96. The third-order valence-corrected chi connectivity index (χ3v) is 2.92. The molecule has 0 saturated carbocycles. The lowest BCUT2D eigenvalue weighted by molar-refractivity contribution is -0.384. The van der Waals surface area contributed by atoms with Gasteiger partial charge in [0.2, 0.25) is 0 Å². The number of hydrogen-bond acceptors (Lipinski definition) is 3. The van der Waals surface area contributed by atoms with Gasteiger partial charge in [-0.15, -0.1) is 0 Å². The van der Waals surface area contributed by atoms with Crippen LogP contribution in [-0.2, 0) is 6.42 Å². The molecule has 0 aliphatic rings. The summed E-state index contributed by atoms with van der Waals surface area (Å²) in [5.41, 5.74) is 1.20. The van der Waals surface area contributed by atoms with Crippen LogP contribution in [0.15, 0.2) is 48.5 Å². The van der Waals surface area contributed by atoms with Crippen molar-refractivity contribution in [3.63, 3.8) is 0 Å². The van der Waals surface area contributed by atoms with E-state index in [0.29, 0.717) is 18.7 Å². The molecule has 0 heterocycles. The molecule has 0 saturated heterocycles. The van der Waals surface area contributed by atoms with Gasteiger partial charge in [0, 0.05) is 24.4 Å². The number of non-ortho nitro benzene ring substituents is 1. The summed E-state index contributed by atoms with van der Waals surface area (Å²) in [5.74, 6) is -0.312. The van der Waals surface area contributed by atoms with Crippen LogP contribution in [0.25, 0.3) is 0 Å². The molecule has 0 fully saturated rings. The second-order valence-corrected chi connectivity index (χ2v) is 4.56. The Kier molecular flexibility index (Phi) is 5.02. The number of benzene rings is 2. The minimum Gasteiger partial charge on any atom is -0.338 e. The highest BCUT2D eigenvalue weighted by Gasteiger charge is 2.06. The molecule has 114 valence electrons. The van der Waals surface area contributed by atoms with Crippen molar-refractivity contribution in [2.45, 2.75) is 6.42 Å². The van der Waals surface area contributed by atoms with Crippen molar-refractivity contribution in [2.75, 3.05) is 11.9 Å². The zero-order chi connectivity index (χ0) is 15.9. The Balaban J connectivity index is 1.79. The van der Waals surface area contributed by atoms with Crippen molar-refractivity contribution in [2.24, 2.45) is 0 Å². The minimum absolute atomic E-state index is 0.0444. The van der Waals surface area contributed by atoms with Crippen LogP contribution < -0.4 is 10.6 Å². The number of nitro groups is 1. The molecule has 0 radical (unpaired) electrons. The van der Waals surface area contributed by atoms with Crippen molar-refractivity contribution in [3.8, 4) is 0 Å². The standard InChI is InChI=1S/C15H14FN3O3/c16-12-3-1-2-11(10-12)8-9-17-15(20)18-13-4-6-14(7-5-13)19(21)22/h1-7,10H,8-9H2,(H2,17,18,20). The second-order valence-electron chi connectivity index (χ2n) is 4.56. The van der Waals surface area contributed by atoms with Gasteiger partial charge < -0.3 is 10.6 Å². The first-order chi connectivity index (χ1) is 10.5. The molecule has 7 heteroatoms.